The van der Waals surface area contributed by atoms with Crippen LogP contribution in [0, 0.1) is 5.41 Å². The van der Waals surface area contributed by atoms with Gasteiger partial charge in [-0.15, -0.1) is 0 Å². The molecule has 1 rings (SSSR count). The number of ether oxygens (including phenoxy) is 1. The maximum Gasteiger partial charge on any atom is 0.144 e. The van der Waals surface area contributed by atoms with Crippen molar-refractivity contribution in [3.63, 3.8) is 0 Å². The third kappa shape index (κ3) is 5.70. The van der Waals surface area contributed by atoms with E-state index in [9.17, 15) is 0 Å². The van der Waals surface area contributed by atoms with Crippen molar-refractivity contribution in [2.75, 3.05) is 30.8 Å². The first-order chi connectivity index (χ1) is 9.48. The summed E-state index contributed by atoms with van der Waals surface area (Å²) in [5.41, 5.74) is 7.73. The van der Waals surface area contributed by atoms with Gasteiger partial charge < -0.3 is 20.9 Å². The van der Waals surface area contributed by atoms with Crippen LogP contribution in [0.5, 0.6) is 5.75 Å². The molecule has 0 radical (unpaired) electrons. The highest BCUT2D eigenvalue weighted by atomic mass is 16.5. The quantitative estimate of drug-likeness (QED) is 0.607. The molecule has 0 aromatic heterocycles. The first-order valence-corrected chi connectivity index (χ1v) is 7.35. The Balaban J connectivity index is 2.59. The third-order valence-corrected chi connectivity index (χ3v) is 3.26. The first kappa shape index (κ1) is 16.6. The maximum absolute atomic E-state index is 8.91. The highest BCUT2D eigenvalue weighted by Crippen LogP contribution is 2.28. The minimum atomic E-state index is 0.147. The number of hydrogen-bond donors (Lipinski definition) is 3. The van der Waals surface area contributed by atoms with Crippen molar-refractivity contribution in [2.45, 2.75) is 40.0 Å². The van der Waals surface area contributed by atoms with Gasteiger partial charge in [0.15, 0.2) is 0 Å². The Morgan fingerprint density at radius 2 is 2.10 bits per heavy atom. The van der Waals surface area contributed by atoms with Crippen molar-refractivity contribution in [1.82, 2.24) is 0 Å². The van der Waals surface area contributed by atoms with Gasteiger partial charge in [-0.3, -0.25) is 0 Å². The number of aliphatic hydroxyl groups is 1. The van der Waals surface area contributed by atoms with E-state index in [1.54, 1.807) is 0 Å². The van der Waals surface area contributed by atoms with Crippen LogP contribution in [-0.4, -0.2) is 24.9 Å². The number of nitrogens with one attached hydrogen (secondary N) is 1. The van der Waals surface area contributed by atoms with E-state index >= 15 is 0 Å². The van der Waals surface area contributed by atoms with E-state index in [4.69, 9.17) is 15.6 Å². The molecule has 0 fully saturated rings. The Morgan fingerprint density at radius 3 is 2.75 bits per heavy atom. The van der Waals surface area contributed by atoms with E-state index < -0.39 is 0 Å². The van der Waals surface area contributed by atoms with Crippen molar-refractivity contribution in [3.05, 3.63) is 18.2 Å². The van der Waals surface area contributed by atoms with Crippen molar-refractivity contribution in [3.8, 4) is 5.75 Å². The molecule has 0 aliphatic heterocycles. The third-order valence-electron chi connectivity index (χ3n) is 3.26. The molecule has 0 aliphatic rings. The topological polar surface area (TPSA) is 67.5 Å². The number of nitrogen functional groups attached to an aromatic ring is 1. The van der Waals surface area contributed by atoms with Crippen molar-refractivity contribution >= 4 is 11.4 Å². The van der Waals surface area contributed by atoms with Crippen LogP contribution in [0.4, 0.5) is 11.4 Å². The number of benzene rings is 1. The fraction of sp³-hybridized carbons (Fsp3) is 0.625. The van der Waals surface area contributed by atoms with Gasteiger partial charge in [0.1, 0.15) is 5.75 Å². The van der Waals surface area contributed by atoms with Crippen LogP contribution in [0.2, 0.25) is 0 Å². The molecule has 0 spiro atoms. The summed E-state index contributed by atoms with van der Waals surface area (Å²) < 4.78 is 5.63. The van der Waals surface area contributed by atoms with Crippen LogP contribution in [0.25, 0.3) is 0 Å². The van der Waals surface area contributed by atoms with E-state index in [0.29, 0.717) is 12.3 Å². The molecule has 4 nitrogen and oxygen atoms in total. The Bertz CT molecular complexity index is 405. The number of hydrogen-bond acceptors (Lipinski definition) is 4. The van der Waals surface area contributed by atoms with Crippen molar-refractivity contribution in [1.29, 1.82) is 0 Å². The standard InChI is InChI=1S/C16H28N2O2/c1-4-10-20-15-11-13(6-7-14(15)17)18-12-16(2,3)8-5-9-19/h6-7,11,18-19H,4-5,8-10,12,17H2,1-3H3. The normalized spacial score (nSPS) is 11.4. The van der Waals surface area contributed by atoms with Crippen molar-refractivity contribution in [2.24, 2.45) is 5.41 Å². The molecule has 0 amide bonds. The lowest BCUT2D eigenvalue weighted by atomic mass is 9.88. The minimum absolute atomic E-state index is 0.147. The Labute approximate surface area is 122 Å². The fourth-order valence-corrected chi connectivity index (χ4v) is 1.97. The summed E-state index contributed by atoms with van der Waals surface area (Å²) in [7, 11) is 0. The molecule has 0 bridgehead atoms. The van der Waals surface area contributed by atoms with Crippen LogP contribution in [0.1, 0.15) is 40.0 Å². The lowest BCUT2D eigenvalue weighted by Crippen LogP contribution is -2.23. The lowest BCUT2D eigenvalue weighted by molar-refractivity contribution is 0.248. The highest BCUT2D eigenvalue weighted by Gasteiger charge is 2.17. The second kappa shape index (κ2) is 8.00. The van der Waals surface area contributed by atoms with Gasteiger partial charge in [0.05, 0.1) is 12.3 Å². The zero-order valence-corrected chi connectivity index (χ0v) is 12.9. The van der Waals surface area contributed by atoms with E-state index in [0.717, 1.165) is 37.2 Å². The number of rotatable bonds is 9. The Kier molecular flexibility index (Phi) is 6.65. The fourth-order valence-electron chi connectivity index (χ4n) is 1.97. The van der Waals surface area contributed by atoms with Gasteiger partial charge >= 0.3 is 0 Å². The summed E-state index contributed by atoms with van der Waals surface area (Å²) in [6, 6.07) is 5.79. The summed E-state index contributed by atoms with van der Waals surface area (Å²) >= 11 is 0. The predicted octanol–water partition coefficient (Wildman–Crippen LogP) is 3.27. The van der Waals surface area contributed by atoms with E-state index in [2.05, 4.69) is 26.1 Å². The molecular weight excluding hydrogens is 252 g/mol. The summed E-state index contributed by atoms with van der Waals surface area (Å²) in [4.78, 5) is 0. The summed E-state index contributed by atoms with van der Waals surface area (Å²) in [6.07, 6.45) is 2.79. The van der Waals surface area contributed by atoms with Crippen LogP contribution in [0.3, 0.4) is 0 Å². The van der Waals surface area contributed by atoms with E-state index in [1.165, 1.54) is 0 Å². The predicted molar refractivity (Wildman–Crippen MR) is 85.2 cm³/mol. The van der Waals surface area contributed by atoms with E-state index in [1.807, 2.05) is 18.2 Å². The number of nitrogens with two attached hydrogens (primary N) is 1. The molecule has 0 heterocycles. The van der Waals surface area contributed by atoms with Gasteiger partial charge in [-0.25, -0.2) is 0 Å². The molecule has 114 valence electrons. The van der Waals surface area contributed by atoms with Crippen LogP contribution in [-0.2, 0) is 0 Å². The number of anilines is 2. The van der Waals surface area contributed by atoms with Gasteiger partial charge in [0.2, 0.25) is 0 Å². The molecule has 20 heavy (non-hydrogen) atoms. The Hall–Kier alpha value is -1.42. The molecule has 4 N–H and O–H groups in total. The summed E-state index contributed by atoms with van der Waals surface area (Å²) in [5, 5.41) is 12.3. The number of aliphatic hydroxyl groups excluding tert-OH is 1. The maximum atomic E-state index is 8.91. The second-order valence-corrected chi connectivity index (χ2v) is 5.95. The molecule has 0 unspecified atom stereocenters. The van der Waals surface area contributed by atoms with E-state index in [-0.39, 0.29) is 12.0 Å². The molecule has 1 aromatic rings. The van der Waals surface area contributed by atoms with Gasteiger partial charge in [0.25, 0.3) is 0 Å². The molecule has 1 aromatic carbocycles. The largest absolute Gasteiger partial charge is 0.491 e. The van der Waals surface area contributed by atoms with Crippen LogP contribution < -0.4 is 15.8 Å². The lowest BCUT2D eigenvalue weighted by Gasteiger charge is -2.25. The zero-order valence-electron chi connectivity index (χ0n) is 12.9. The molecule has 0 saturated heterocycles. The van der Waals surface area contributed by atoms with Gasteiger partial charge in [0, 0.05) is 24.9 Å². The monoisotopic (exact) mass is 280 g/mol. The first-order valence-electron chi connectivity index (χ1n) is 7.35. The van der Waals surface area contributed by atoms with Gasteiger partial charge in [-0.2, -0.15) is 0 Å². The summed E-state index contributed by atoms with van der Waals surface area (Å²) in [5.74, 6) is 0.741. The molecule has 0 saturated carbocycles. The zero-order chi connectivity index (χ0) is 15.0. The average molecular weight is 280 g/mol. The minimum Gasteiger partial charge on any atom is -0.491 e. The second-order valence-electron chi connectivity index (χ2n) is 5.95. The summed E-state index contributed by atoms with van der Waals surface area (Å²) in [6.45, 7) is 8.24. The van der Waals surface area contributed by atoms with Gasteiger partial charge in [-0.1, -0.05) is 20.8 Å². The smallest absolute Gasteiger partial charge is 0.144 e. The highest BCUT2D eigenvalue weighted by molar-refractivity contribution is 5.61. The average Bonchev–Trinajstić information content (AvgIpc) is 2.43. The van der Waals surface area contributed by atoms with Gasteiger partial charge in [-0.05, 0) is 36.8 Å². The van der Waals surface area contributed by atoms with Crippen LogP contribution in [0.15, 0.2) is 18.2 Å². The Morgan fingerprint density at radius 1 is 1.35 bits per heavy atom. The molecule has 0 aliphatic carbocycles. The SMILES string of the molecule is CCCOc1cc(NCC(C)(C)CCCO)ccc1N. The molecule has 4 heteroatoms. The van der Waals surface area contributed by atoms with Crippen molar-refractivity contribution < 1.29 is 9.84 Å². The molecule has 0 atom stereocenters. The molecular formula is C16H28N2O2. The van der Waals surface area contributed by atoms with Crippen LogP contribution >= 0.6 is 0 Å².